The largest absolute Gasteiger partial charge is 0.381 e. The van der Waals surface area contributed by atoms with E-state index in [-0.39, 0.29) is 5.56 Å². The molecular weight excluding hydrogens is 208 g/mol. The summed E-state index contributed by atoms with van der Waals surface area (Å²) in [5, 5.41) is 8.04. The lowest BCUT2D eigenvalue weighted by Gasteiger charge is -2.20. The van der Waals surface area contributed by atoms with Gasteiger partial charge in [-0.05, 0) is 12.8 Å². The minimum Gasteiger partial charge on any atom is -0.381 e. The van der Waals surface area contributed by atoms with E-state index in [4.69, 9.17) is 4.74 Å². The van der Waals surface area contributed by atoms with Gasteiger partial charge in [0, 0.05) is 31.5 Å². The molecule has 1 N–H and O–H groups in total. The van der Waals surface area contributed by atoms with Crippen molar-refractivity contribution in [2.45, 2.75) is 18.8 Å². The van der Waals surface area contributed by atoms with Crippen LogP contribution in [0, 0.1) is 0 Å². The Labute approximate surface area is 91.3 Å². The molecule has 84 valence electrons. The zero-order valence-electron chi connectivity index (χ0n) is 8.72. The lowest BCUT2D eigenvalue weighted by molar-refractivity contribution is 0.0834. The molecule has 0 aliphatic carbocycles. The van der Waals surface area contributed by atoms with Gasteiger partial charge in [0.1, 0.15) is 5.82 Å². The van der Waals surface area contributed by atoms with Crippen molar-refractivity contribution in [1.82, 2.24) is 19.6 Å². The summed E-state index contributed by atoms with van der Waals surface area (Å²) in [4.78, 5) is 14.1. The van der Waals surface area contributed by atoms with Gasteiger partial charge in [-0.3, -0.25) is 9.20 Å². The molecule has 0 saturated carbocycles. The number of H-pyrrole nitrogens is 1. The molecule has 0 aromatic carbocycles. The molecule has 6 heteroatoms. The van der Waals surface area contributed by atoms with Gasteiger partial charge in [-0.2, -0.15) is 0 Å². The van der Waals surface area contributed by atoms with E-state index < -0.39 is 0 Å². The normalized spacial score (nSPS) is 18.0. The molecule has 16 heavy (non-hydrogen) atoms. The van der Waals surface area contributed by atoms with Gasteiger partial charge in [0.25, 0.3) is 5.56 Å². The van der Waals surface area contributed by atoms with E-state index in [9.17, 15) is 4.79 Å². The van der Waals surface area contributed by atoms with Crippen LogP contribution >= 0.6 is 0 Å². The zero-order chi connectivity index (χ0) is 11.0. The predicted molar refractivity (Wildman–Crippen MR) is 56.4 cm³/mol. The van der Waals surface area contributed by atoms with Crippen molar-refractivity contribution < 1.29 is 4.74 Å². The lowest BCUT2D eigenvalue weighted by Crippen LogP contribution is -2.17. The molecule has 3 heterocycles. The number of fused-ring (bicyclic) bond motifs is 1. The number of rotatable bonds is 1. The van der Waals surface area contributed by atoms with Crippen LogP contribution in [0.15, 0.2) is 17.2 Å². The summed E-state index contributed by atoms with van der Waals surface area (Å²) in [6.45, 7) is 1.51. The highest BCUT2D eigenvalue weighted by atomic mass is 16.5. The van der Waals surface area contributed by atoms with Crippen LogP contribution in [-0.4, -0.2) is 32.8 Å². The minimum absolute atomic E-state index is 0.201. The summed E-state index contributed by atoms with van der Waals surface area (Å²) in [6, 6.07) is 0. The van der Waals surface area contributed by atoms with Crippen molar-refractivity contribution >= 4 is 5.65 Å². The Balaban J connectivity index is 2.10. The Morgan fingerprint density at radius 1 is 1.38 bits per heavy atom. The molecule has 1 fully saturated rings. The molecule has 0 atom stereocenters. The van der Waals surface area contributed by atoms with Crippen molar-refractivity contribution in [1.29, 1.82) is 0 Å². The summed E-state index contributed by atoms with van der Waals surface area (Å²) in [6.07, 6.45) is 5.28. The maximum absolute atomic E-state index is 11.5. The average molecular weight is 220 g/mol. The first-order valence-electron chi connectivity index (χ1n) is 5.36. The summed E-state index contributed by atoms with van der Waals surface area (Å²) in [5.74, 6) is 1.20. The van der Waals surface area contributed by atoms with Gasteiger partial charge in [-0.25, -0.2) is 0 Å². The first kappa shape index (κ1) is 9.53. The van der Waals surface area contributed by atoms with E-state index >= 15 is 0 Å². The lowest BCUT2D eigenvalue weighted by atomic mass is 10.00. The van der Waals surface area contributed by atoms with Crippen LogP contribution in [0.25, 0.3) is 5.65 Å². The zero-order valence-corrected chi connectivity index (χ0v) is 8.72. The molecule has 0 bridgehead atoms. The monoisotopic (exact) mass is 220 g/mol. The predicted octanol–water partition coefficient (Wildman–Crippen LogP) is 0.312. The summed E-state index contributed by atoms with van der Waals surface area (Å²) in [7, 11) is 0. The highest BCUT2D eigenvalue weighted by Crippen LogP contribution is 2.24. The van der Waals surface area contributed by atoms with E-state index in [1.165, 1.54) is 0 Å². The van der Waals surface area contributed by atoms with Gasteiger partial charge in [0.15, 0.2) is 0 Å². The minimum atomic E-state index is -0.201. The summed E-state index contributed by atoms with van der Waals surface area (Å²) < 4.78 is 7.08. The highest BCUT2D eigenvalue weighted by Gasteiger charge is 2.21. The van der Waals surface area contributed by atoms with Crippen LogP contribution in [-0.2, 0) is 4.74 Å². The second-order valence-corrected chi connectivity index (χ2v) is 3.93. The number of aromatic amines is 1. The Morgan fingerprint density at radius 2 is 2.19 bits per heavy atom. The van der Waals surface area contributed by atoms with E-state index in [1.807, 2.05) is 0 Å². The quantitative estimate of drug-likeness (QED) is 0.750. The van der Waals surface area contributed by atoms with Crippen LogP contribution in [0.4, 0.5) is 0 Å². The van der Waals surface area contributed by atoms with Crippen molar-refractivity contribution in [3.63, 3.8) is 0 Å². The van der Waals surface area contributed by atoms with E-state index in [2.05, 4.69) is 15.2 Å². The van der Waals surface area contributed by atoms with Crippen LogP contribution in [0.3, 0.4) is 0 Å². The number of aromatic nitrogens is 4. The average Bonchev–Trinajstić information content (AvgIpc) is 2.75. The molecule has 2 aromatic heterocycles. The molecule has 0 amide bonds. The van der Waals surface area contributed by atoms with Gasteiger partial charge < -0.3 is 9.72 Å². The smallest absolute Gasteiger partial charge is 0.293 e. The third-order valence-corrected chi connectivity index (χ3v) is 2.95. The van der Waals surface area contributed by atoms with E-state index in [0.29, 0.717) is 11.6 Å². The first-order valence-corrected chi connectivity index (χ1v) is 5.36. The Kier molecular flexibility index (Phi) is 2.21. The molecule has 1 aliphatic heterocycles. The third-order valence-electron chi connectivity index (χ3n) is 2.95. The fourth-order valence-corrected chi connectivity index (χ4v) is 2.09. The Hall–Kier alpha value is -1.69. The second-order valence-electron chi connectivity index (χ2n) is 3.93. The van der Waals surface area contributed by atoms with Crippen molar-refractivity contribution in [2.24, 2.45) is 0 Å². The van der Waals surface area contributed by atoms with Gasteiger partial charge in [-0.15, -0.1) is 10.2 Å². The molecule has 0 unspecified atom stereocenters. The molecule has 3 rings (SSSR count). The van der Waals surface area contributed by atoms with Crippen LogP contribution in [0.2, 0.25) is 0 Å². The highest BCUT2D eigenvalue weighted by molar-refractivity contribution is 5.34. The van der Waals surface area contributed by atoms with E-state index in [1.54, 1.807) is 16.8 Å². The Morgan fingerprint density at radius 3 is 3.00 bits per heavy atom. The maximum atomic E-state index is 11.5. The second kappa shape index (κ2) is 3.71. The maximum Gasteiger partial charge on any atom is 0.293 e. The van der Waals surface area contributed by atoms with Crippen molar-refractivity contribution in [3.05, 3.63) is 28.6 Å². The molecule has 1 aliphatic rings. The van der Waals surface area contributed by atoms with Gasteiger partial charge in [0.05, 0.1) is 0 Å². The van der Waals surface area contributed by atoms with Gasteiger partial charge >= 0.3 is 0 Å². The molecule has 2 aromatic rings. The summed E-state index contributed by atoms with van der Waals surface area (Å²) >= 11 is 0. The number of hydrogen-bond acceptors (Lipinski definition) is 4. The third kappa shape index (κ3) is 1.42. The number of hydrogen-bond donors (Lipinski definition) is 1. The first-order chi connectivity index (χ1) is 7.86. The van der Waals surface area contributed by atoms with E-state index in [0.717, 1.165) is 31.9 Å². The topological polar surface area (TPSA) is 72.3 Å². The van der Waals surface area contributed by atoms with Gasteiger partial charge in [-0.1, -0.05) is 0 Å². The van der Waals surface area contributed by atoms with Gasteiger partial charge in [0.2, 0.25) is 5.65 Å². The molecule has 1 saturated heterocycles. The van der Waals surface area contributed by atoms with Crippen LogP contribution in [0.5, 0.6) is 0 Å². The number of ether oxygens (including phenoxy) is 1. The Bertz CT molecular complexity index is 553. The molecule has 6 nitrogen and oxygen atoms in total. The molecule has 0 spiro atoms. The van der Waals surface area contributed by atoms with Crippen molar-refractivity contribution in [3.8, 4) is 0 Å². The molecule has 0 radical (unpaired) electrons. The summed E-state index contributed by atoms with van der Waals surface area (Å²) in [5.41, 5.74) is 0.164. The van der Waals surface area contributed by atoms with Crippen LogP contribution in [0.1, 0.15) is 24.6 Å². The number of nitrogens with zero attached hydrogens (tertiary/aromatic N) is 3. The molecular formula is C10H12N4O2. The van der Waals surface area contributed by atoms with Crippen molar-refractivity contribution in [2.75, 3.05) is 13.2 Å². The SMILES string of the molecule is O=c1[nH]ccn2c(C3CCOCC3)nnc12. The standard InChI is InChI=1S/C10H12N4O2/c15-10-9-13-12-8(14(9)4-3-11-10)7-1-5-16-6-2-7/h3-4,7H,1-2,5-6H2,(H,11,15). The fourth-order valence-electron chi connectivity index (χ4n) is 2.09. The fraction of sp³-hybridized carbons (Fsp3) is 0.500. The van der Waals surface area contributed by atoms with Crippen LogP contribution < -0.4 is 5.56 Å². The number of nitrogens with one attached hydrogen (secondary N) is 1.